The standard InChI is InChI=1S/C12H24N2OS/c1-16-10-6-7-13-11-12(15)14-8-4-2-3-5-9-14/h13H,2-11H2,1H3. The molecule has 0 aromatic carbocycles. The Morgan fingerprint density at radius 1 is 1.25 bits per heavy atom. The number of nitrogens with zero attached hydrogens (tertiary/aromatic N) is 1. The smallest absolute Gasteiger partial charge is 0.236 e. The molecule has 0 aromatic heterocycles. The molecule has 4 heteroatoms. The average molecular weight is 244 g/mol. The summed E-state index contributed by atoms with van der Waals surface area (Å²) in [6.07, 6.45) is 8.18. The number of carbonyl (C=O) groups is 1. The number of hydrogen-bond donors (Lipinski definition) is 1. The summed E-state index contributed by atoms with van der Waals surface area (Å²) in [6.45, 7) is 3.41. The van der Waals surface area contributed by atoms with Gasteiger partial charge in [0.1, 0.15) is 0 Å². The summed E-state index contributed by atoms with van der Waals surface area (Å²) in [5.74, 6) is 1.45. The van der Waals surface area contributed by atoms with Gasteiger partial charge in [0, 0.05) is 13.1 Å². The Balaban J connectivity index is 2.08. The number of thioether (sulfide) groups is 1. The molecule has 0 saturated carbocycles. The van der Waals surface area contributed by atoms with E-state index in [-0.39, 0.29) is 5.91 Å². The van der Waals surface area contributed by atoms with Crippen LogP contribution in [0.3, 0.4) is 0 Å². The maximum absolute atomic E-state index is 11.8. The van der Waals surface area contributed by atoms with Crippen LogP contribution >= 0.6 is 11.8 Å². The largest absolute Gasteiger partial charge is 0.342 e. The SMILES string of the molecule is CSCCCNCC(=O)N1CCCCCC1. The molecular formula is C12H24N2OS. The first-order chi connectivity index (χ1) is 7.84. The molecule has 1 rings (SSSR count). The molecule has 0 spiro atoms. The van der Waals surface area contributed by atoms with Gasteiger partial charge in [0.05, 0.1) is 6.54 Å². The Labute approximate surface area is 103 Å². The molecule has 0 aromatic rings. The fourth-order valence-corrected chi connectivity index (χ4v) is 2.40. The van der Waals surface area contributed by atoms with Gasteiger partial charge in [0.2, 0.25) is 5.91 Å². The van der Waals surface area contributed by atoms with E-state index in [9.17, 15) is 4.79 Å². The van der Waals surface area contributed by atoms with E-state index in [1.54, 1.807) is 0 Å². The fourth-order valence-electron chi connectivity index (χ4n) is 1.97. The molecule has 16 heavy (non-hydrogen) atoms. The molecule has 94 valence electrons. The van der Waals surface area contributed by atoms with Crippen molar-refractivity contribution in [3.8, 4) is 0 Å². The van der Waals surface area contributed by atoms with Crippen molar-refractivity contribution < 1.29 is 4.79 Å². The second kappa shape index (κ2) is 8.88. The minimum atomic E-state index is 0.283. The number of likely N-dealkylation sites (tertiary alicyclic amines) is 1. The highest BCUT2D eigenvalue weighted by Gasteiger charge is 2.14. The number of rotatable bonds is 6. The van der Waals surface area contributed by atoms with Crippen molar-refractivity contribution >= 4 is 17.7 Å². The first-order valence-corrected chi connectivity index (χ1v) is 7.71. The van der Waals surface area contributed by atoms with E-state index >= 15 is 0 Å². The summed E-state index contributed by atoms with van der Waals surface area (Å²) in [5.41, 5.74) is 0. The summed E-state index contributed by atoms with van der Waals surface area (Å²) in [4.78, 5) is 13.9. The zero-order chi connectivity index (χ0) is 11.6. The summed E-state index contributed by atoms with van der Waals surface area (Å²) in [5, 5.41) is 3.23. The van der Waals surface area contributed by atoms with Gasteiger partial charge in [-0.2, -0.15) is 11.8 Å². The molecule has 1 amide bonds. The van der Waals surface area contributed by atoms with Crippen LogP contribution in [0.1, 0.15) is 32.1 Å². The molecule has 1 saturated heterocycles. The number of carbonyl (C=O) groups excluding carboxylic acids is 1. The van der Waals surface area contributed by atoms with Crippen molar-refractivity contribution in [1.29, 1.82) is 0 Å². The molecule has 1 aliphatic heterocycles. The van der Waals surface area contributed by atoms with Crippen molar-refractivity contribution in [3.05, 3.63) is 0 Å². The molecule has 0 bridgehead atoms. The highest BCUT2D eigenvalue weighted by Crippen LogP contribution is 2.09. The van der Waals surface area contributed by atoms with Gasteiger partial charge < -0.3 is 10.2 Å². The minimum Gasteiger partial charge on any atom is -0.342 e. The van der Waals surface area contributed by atoms with Crippen molar-refractivity contribution in [3.63, 3.8) is 0 Å². The third kappa shape index (κ3) is 5.75. The number of hydrogen-bond acceptors (Lipinski definition) is 3. The van der Waals surface area contributed by atoms with Gasteiger partial charge in [-0.3, -0.25) is 4.79 Å². The fraction of sp³-hybridized carbons (Fsp3) is 0.917. The van der Waals surface area contributed by atoms with Crippen LogP contribution < -0.4 is 5.32 Å². The van der Waals surface area contributed by atoms with Crippen molar-refractivity contribution in [2.75, 3.05) is 38.2 Å². The zero-order valence-corrected chi connectivity index (χ0v) is 11.2. The third-order valence-corrected chi connectivity index (χ3v) is 3.63. The summed E-state index contributed by atoms with van der Waals surface area (Å²) in [7, 11) is 0. The van der Waals surface area contributed by atoms with Gasteiger partial charge in [0.25, 0.3) is 0 Å². The predicted molar refractivity (Wildman–Crippen MR) is 70.9 cm³/mol. The maximum atomic E-state index is 11.8. The molecule has 0 unspecified atom stereocenters. The van der Waals surface area contributed by atoms with Crippen molar-refractivity contribution in [1.82, 2.24) is 10.2 Å². The maximum Gasteiger partial charge on any atom is 0.236 e. The van der Waals surface area contributed by atoms with E-state index in [0.29, 0.717) is 6.54 Å². The predicted octanol–water partition coefficient (Wildman–Crippen LogP) is 1.73. The van der Waals surface area contributed by atoms with Crippen LogP contribution in [0.2, 0.25) is 0 Å². The van der Waals surface area contributed by atoms with Gasteiger partial charge in [0.15, 0.2) is 0 Å². The molecule has 0 aliphatic carbocycles. The lowest BCUT2D eigenvalue weighted by Gasteiger charge is -2.20. The average Bonchev–Trinajstić information content (AvgIpc) is 2.57. The summed E-state index contributed by atoms with van der Waals surface area (Å²) < 4.78 is 0. The first kappa shape index (κ1) is 13.8. The van der Waals surface area contributed by atoms with Crippen molar-refractivity contribution in [2.45, 2.75) is 32.1 Å². The third-order valence-electron chi connectivity index (χ3n) is 2.94. The second-order valence-electron chi connectivity index (χ2n) is 4.32. The van der Waals surface area contributed by atoms with Crippen LogP contribution in [-0.4, -0.2) is 49.0 Å². The Bertz CT molecular complexity index is 191. The van der Waals surface area contributed by atoms with E-state index in [1.165, 1.54) is 31.4 Å². The quantitative estimate of drug-likeness (QED) is 0.722. The van der Waals surface area contributed by atoms with Gasteiger partial charge in [-0.05, 0) is 37.8 Å². The van der Waals surface area contributed by atoms with Crippen LogP contribution in [0.4, 0.5) is 0 Å². The molecular weight excluding hydrogens is 220 g/mol. The van der Waals surface area contributed by atoms with E-state index in [0.717, 1.165) is 26.1 Å². The minimum absolute atomic E-state index is 0.283. The van der Waals surface area contributed by atoms with Gasteiger partial charge >= 0.3 is 0 Å². The number of nitrogens with one attached hydrogen (secondary N) is 1. The summed E-state index contributed by atoms with van der Waals surface area (Å²) >= 11 is 1.86. The van der Waals surface area contributed by atoms with E-state index < -0.39 is 0 Å². The molecule has 3 nitrogen and oxygen atoms in total. The van der Waals surface area contributed by atoms with Crippen molar-refractivity contribution in [2.24, 2.45) is 0 Å². The summed E-state index contributed by atoms with van der Waals surface area (Å²) in [6, 6.07) is 0. The molecule has 1 aliphatic rings. The molecule has 1 heterocycles. The second-order valence-corrected chi connectivity index (χ2v) is 5.30. The van der Waals surface area contributed by atoms with Gasteiger partial charge in [-0.15, -0.1) is 0 Å². The zero-order valence-electron chi connectivity index (χ0n) is 10.3. The lowest BCUT2D eigenvalue weighted by molar-refractivity contribution is -0.130. The van der Waals surface area contributed by atoms with Gasteiger partial charge in [-0.1, -0.05) is 12.8 Å². The van der Waals surface area contributed by atoms with E-state index in [2.05, 4.69) is 11.6 Å². The lowest BCUT2D eigenvalue weighted by Crippen LogP contribution is -2.39. The van der Waals surface area contributed by atoms with Crippen LogP contribution in [0, 0.1) is 0 Å². The molecule has 0 radical (unpaired) electrons. The monoisotopic (exact) mass is 244 g/mol. The van der Waals surface area contributed by atoms with Crippen LogP contribution in [0.25, 0.3) is 0 Å². The Hall–Kier alpha value is -0.220. The number of amides is 1. The highest BCUT2D eigenvalue weighted by molar-refractivity contribution is 7.98. The van der Waals surface area contributed by atoms with E-state index in [1.807, 2.05) is 16.7 Å². The Morgan fingerprint density at radius 2 is 1.94 bits per heavy atom. The molecule has 1 fully saturated rings. The first-order valence-electron chi connectivity index (χ1n) is 6.32. The normalized spacial score (nSPS) is 17.2. The lowest BCUT2D eigenvalue weighted by atomic mass is 10.2. The van der Waals surface area contributed by atoms with Crippen LogP contribution in [0.5, 0.6) is 0 Å². The Kier molecular flexibility index (Phi) is 7.68. The van der Waals surface area contributed by atoms with E-state index in [4.69, 9.17) is 0 Å². The topological polar surface area (TPSA) is 32.3 Å². The van der Waals surface area contributed by atoms with Gasteiger partial charge in [-0.25, -0.2) is 0 Å². The molecule has 1 N–H and O–H groups in total. The highest BCUT2D eigenvalue weighted by atomic mass is 32.2. The Morgan fingerprint density at radius 3 is 2.56 bits per heavy atom. The van der Waals surface area contributed by atoms with Crippen LogP contribution in [-0.2, 0) is 4.79 Å². The van der Waals surface area contributed by atoms with Crippen LogP contribution in [0.15, 0.2) is 0 Å². The molecule has 0 atom stereocenters.